The van der Waals surface area contributed by atoms with Crippen LogP contribution < -0.4 is 11.1 Å². The molecular weight excluding hydrogens is 357 g/mol. The van der Waals surface area contributed by atoms with Crippen LogP contribution in [0.3, 0.4) is 0 Å². The molecule has 1 aliphatic heterocycles. The van der Waals surface area contributed by atoms with E-state index < -0.39 is 0 Å². The number of hydrogen-bond donors (Lipinski definition) is 2. The molecule has 1 heterocycles. The normalized spacial score (nSPS) is 15.9. The maximum atomic E-state index is 12.5. The number of carbonyl (C=O) groups excluding carboxylic acids is 1. The molecule has 0 radical (unpaired) electrons. The highest BCUT2D eigenvalue weighted by atomic mass is 35.5. The van der Waals surface area contributed by atoms with Crippen LogP contribution >= 0.6 is 23.2 Å². The standard InChI is InChI=1S/C19H21Cl2N3O/c20-17-5-4-16(11-18(17)21)23-19(25)14-6-8-24(9-7-14)12-13-2-1-3-15(22)10-13/h1-5,10-11,14H,6-9,12,22H2,(H,23,25). The predicted molar refractivity (Wildman–Crippen MR) is 104 cm³/mol. The van der Waals surface area contributed by atoms with Crippen LogP contribution in [0.5, 0.6) is 0 Å². The molecule has 3 N–H and O–H groups in total. The summed E-state index contributed by atoms with van der Waals surface area (Å²) in [5.74, 6) is 0.0635. The summed E-state index contributed by atoms with van der Waals surface area (Å²) in [6.45, 7) is 2.66. The lowest BCUT2D eigenvalue weighted by Crippen LogP contribution is -2.37. The molecule has 132 valence electrons. The summed E-state index contributed by atoms with van der Waals surface area (Å²) in [5.41, 5.74) is 8.50. The predicted octanol–water partition coefficient (Wildman–Crippen LogP) is 4.43. The van der Waals surface area contributed by atoms with Crippen molar-refractivity contribution in [3.05, 3.63) is 58.1 Å². The summed E-state index contributed by atoms with van der Waals surface area (Å²) < 4.78 is 0. The van der Waals surface area contributed by atoms with Crippen molar-refractivity contribution >= 4 is 40.5 Å². The fourth-order valence-corrected chi connectivity index (χ4v) is 3.42. The molecule has 0 unspecified atom stereocenters. The Morgan fingerprint density at radius 1 is 1.12 bits per heavy atom. The van der Waals surface area contributed by atoms with Gasteiger partial charge in [-0.05, 0) is 61.8 Å². The quantitative estimate of drug-likeness (QED) is 0.774. The smallest absolute Gasteiger partial charge is 0.227 e. The van der Waals surface area contributed by atoms with Crippen molar-refractivity contribution in [3.8, 4) is 0 Å². The number of likely N-dealkylation sites (tertiary alicyclic amines) is 1. The summed E-state index contributed by atoms with van der Waals surface area (Å²) in [5, 5.41) is 3.86. The number of nitrogens with zero attached hydrogens (tertiary/aromatic N) is 1. The molecule has 1 aliphatic rings. The molecule has 25 heavy (non-hydrogen) atoms. The Hall–Kier alpha value is -1.75. The van der Waals surface area contributed by atoms with Gasteiger partial charge < -0.3 is 11.1 Å². The first-order valence-corrected chi connectivity index (χ1v) is 9.09. The third-order valence-electron chi connectivity index (χ3n) is 4.50. The zero-order chi connectivity index (χ0) is 17.8. The molecule has 0 aromatic heterocycles. The van der Waals surface area contributed by atoms with E-state index in [-0.39, 0.29) is 11.8 Å². The fraction of sp³-hybridized carbons (Fsp3) is 0.316. The van der Waals surface area contributed by atoms with Gasteiger partial charge in [-0.1, -0.05) is 35.3 Å². The first-order valence-electron chi connectivity index (χ1n) is 8.34. The van der Waals surface area contributed by atoms with Gasteiger partial charge in [0.2, 0.25) is 5.91 Å². The third-order valence-corrected chi connectivity index (χ3v) is 5.24. The number of nitrogens with two attached hydrogens (primary N) is 1. The number of anilines is 2. The summed E-state index contributed by atoms with van der Waals surface area (Å²) in [6.07, 6.45) is 1.69. The summed E-state index contributed by atoms with van der Waals surface area (Å²) in [6, 6.07) is 13.1. The van der Waals surface area contributed by atoms with E-state index in [0.717, 1.165) is 38.2 Å². The van der Waals surface area contributed by atoms with Crippen LogP contribution in [-0.2, 0) is 11.3 Å². The van der Waals surface area contributed by atoms with E-state index in [4.69, 9.17) is 28.9 Å². The lowest BCUT2D eigenvalue weighted by molar-refractivity contribution is -0.121. The first-order chi connectivity index (χ1) is 12.0. The minimum Gasteiger partial charge on any atom is -0.399 e. The first kappa shape index (κ1) is 18.1. The molecule has 1 amide bonds. The highest BCUT2D eigenvalue weighted by Crippen LogP contribution is 2.26. The van der Waals surface area contributed by atoms with Crippen molar-refractivity contribution in [2.24, 2.45) is 5.92 Å². The van der Waals surface area contributed by atoms with Gasteiger partial charge in [-0.3, -0.25) is 9.69 Å². The van der Waals surface area contributed by atoms with Gasteiger partial charge in [0, 0.05) is 23.8 Å². The number of hydrogen-bond acceptors (Lipinski definition) is 3. The number of piperidine rings is 1. The maximum absolute atomic E-state index is 12.5. The Balaban J connectivity index is 1.51. The highest BCUT2D eigenvalue weighted by Gasteiger charge is 2.25. The second kappa shape index (κ2) is 8.09. The molecule has 4 nitrogen and oxygen atoms in total. The molecule has 1 saturated heterocycles. The molecule has 6 heteroatoms. The van der Waals surface area contributed by atoms with Crippen LogP contribution in [0.1, 0.15) is 18.4 Å². The second-order valence-electron chi connectivity index (χ2n) is 6.41. The van der Waals surface area contributed by atoms with Crippen LogP contribution in [0.2, 0.25) is 10.0 Å². The second-order valence-corrected chi connectivity index (χ2v) is 7.23. The number of rotatable bonds is 4. The van der Waals surface area contributed by atoms with Crippen LogP contribution in [0, 0.1) is 5.92 Å². The average Bonchev–Trinajstić information content (AvgIpc) is 2.59. The molecule has 2 aromatic carbocycles. The molecule has 0 spiro atoms. The Labute approximate surface area is 157 Å². The van der Waals surface area contributed by atoms with Crippen LogP contribution in [0.4, 0.5) is 11.4 Å². The number of nitrogen functional groups attached to an aromatic ring is 1. The van der Waals surface area contributed by atoms with E-state index in [1.807, 2.05) is 18.2 Å². The molecule has 2 aromatic rings. The summed E-state index contributed by atoms with van der Waals surface area (Å²) >= 11 is 11.9. The molecule has 3 rings (SSSR count). The van der Waals surface area contributed by atoms with Crippen molar-refractivity contribution in [1.29, 1.82) is 0 Å². The van der Waals surface area contributed by atoms with Crippen molar-refractivity contribution in [2.45, 2.75) is 19.4 Å². The van der Waals surface area contributed by atoms with Crippen molar-refractivity contribution < 1.29 is 4.79 Å². The van der Waals surface area contributed by atoms with Gasteiger partial charge in [0.1, 0.15) is 0 Å². The summed E-state index contributed by atoms with van der Waals surface area (Å²) in [7, 11) is 0. The Morgan fingerprint density at radius 2 is 1.88 bits per heavy atom. The number of carbonyl (C=O) groups is 1. The lowest BCUT2D eigenvalue weighted by Gasteiger charge is -2.31. The minimum absolute atomic E-state index is 0.0200. The van der Waals surface area contributed by atoms with E-state index in [1.165, 1.54) is 5.56 Å². The Bertz CT molecular complexity index is 758. The number of benzene rings is 2. The zero-order valence-corrected chi connectivity index (χ0v) is 15.4. The largest absolute Gasteiger partial charge is 0.399 e. The van der Waals surface area contributed by atoms with Crippen molar-refractivity contribution in [2.75, 3.05) is 24.1 Å². The number of halogens is 2. The van der Waals surface area contributed by atoms with Gasteiger partial charge >= 0.3 is 0 Å². The molecule has 0 bridgehead atoms. The Morgan fingerprint density at radius 3 is 2.56 bits per heavy atom. The maximum Gasteiger partial charge on any atom is 0.227 e. The van der Waals surface area contributed by atoms with Crippen molar-refractivity contribution in [3.63, 3.8) is 0 Å². The molecular formula is C19H21Cl2N3O. The Kier molecular flexibility index (Phi) is 5.84. The minimum atomic E-state index is 0.0200. The molecule has 0 saturated carbocycles. The summed E-state index contributed by atoms with van der Waals surface area (Å²) in [4.78, 5) is 14.8. The van der Waals surface area contributed by atoms with Crippen LogP contribution in [0.15, 0.2) is 42.5 Å². The lowest BCUT2D eigenvalue weighted by atomic mass is 9.95. The SMILES string of the molecule is Nc1cccc(CN2CCC(C(=O)Nc3ccc(Cl)c(Cl)c3)CC2)c1. The van der Waals surface area contributed by atoms with Gasteiger partial charge in [-0.2, -0.15) is 0 Å². The fourth-order valence-electron chi connectivity index (χ4n) is 3.12. The van der Waals surface area contributed by atoms with E-state index in [1.54, 1.807) is 18.2 Å². The van der Waals surface area contributed by atoms with E-state index in [2.05, 4.69) is 16.3 Å². The monoisotopic (exact) mass is 377 g/mol. The number of amides is 1. The van der Waals surface area contributed by atoms with Gasteiger partial charge in [0.25, 0.3) is 0 Å². The zero-order valence-electron chi connectivity index (χ0n) is 13.8. The van der Waals surface area contributed by atoms with E-state index in [9.17, 15) is 4.79 Å². The van der Waals surface area contributed by atoms with Gasteiger partial charge in [0.15, 0.2) is 0 Å². The molecule has 0 aliphatic carbocycles. The van der Waals surface area contributed by atoms with Gasteiger partial charge in [-0.25, -0.2) is 0 Å². The van der Waals surface area contributed by atoms with Crippen LogP contribution in [-0.4, -0.2) is 23.9 Å². The molecule has 1 fully saturated rings. The number of nitrogens with one attached hydrogen (secondary N) is 1. The third kappa shape index (κ3) is 4.88. The highest BCUT2D eigenvalue weighted by molar-refractivity contribution is 6.42. The van der Waals surface area contributed by atoms with Crippen LogP contribution in [0.25, 0.3) is 0 Å². The average molecular weight is 378 g/mol. The topological polar surface area (TPSA) is 58.4 Å². The van der Waals surface area contributed by atoms with Gasteiger partial charge in [-0.15, -0.1) is 0 Å². The molecule has 0 atom stereocenters. The van der Waals surface area contributed by atoms with Gasteiger partial charge in [0.05, 0.1) is 10.0 Å². The van der Waals surface area contributed by atoms with E-state index in [0.29, 0.717) is 15.7 Å². The van der Waals surface area contributed by atoms with Crippen molar-refractivity contribution in [1.82, 2.24) is 4.90 Å². The van der Waals surface area contributed by atoms with E-state index >= 15 is 0 Å².